The summed E-state index contributed by atoms with van der Waals surface area (Å²) in [6.45, 7) is 3.77. The summed E-state index contributed by atoms with van der Waals surface area (Å²) in [6, 6.07) is 15.6. The lowest BCUT2D eigenvalue weighted by Gasteiger charge is -2.15. The highest BCUT2D eigenvalue weighted by Gasteiger charge is 2.22. The number of ether oxygens (including phenoxy) is 1. The number of hydrogen-bond acceptors (Lipinski definition) is 6. The van der Waals surface area contributed by atoms with Gasteiger partial charge in [-0.3, -0.25) is 4.79 Å². The summed E-state index contributed by atoms with van der Waals surface area (Å²) in [5.41, 5.74) is 1.29. The fraction of sp³-hybridized carbons (Fsp3) is 0.120. The second kappa shape index (κ2) is 11.8. The highest BCUT2D eigenvalue weighted by Crippen LogP contribution is 2.39. The van der Waals surface area contributed by atoms with Crippen LogP contribution in [0.15, 0.2) is 69.5 Å². The first kappa shape index (κ1) is 27.6. The minimum Gasteiger partial charge on any atom is -0.490 e. The number of amides is 1. The van der Waals surface area contributed by atoms with E-state index in [1.54, 1.807) is 25.1 Å². The molecule has 0 spiro atoms. The fourth-order valence-corrected chi connectivity index (χ4v) is 4.92. The number of aryl methyl sites for hydroxylation is 1. The molecule has 0 atom stereocenters. The number of carbonyl (C=O) groups is 1. The van der Waals surface area contributed by atoms with Crippen molar-refractivity contribution in [2.24, 2.45) is 0 Å². The van der Waals surface area contributed by atoms with Gasteiger partial charge in [-0.25, -0.2) is 0 Å². The Hall–Kier alpha value is -3.03. The molecule has 0 unspecified atom stereocenters. The average Bonchev–Trinajstić information content (AvgIpc) is 2.82. The zero-order valence-corrected chi connectivity index (χ0v) is 22.9. The summed E-state index contributed by atoms with van der Waals surface area (Å²) in [4.78, 5) is 12.7. The predicted octanol–water partition coefficient (Wildman–Crippen LogP) is 6.78. The predicted molar refractivity (Wildman–Crippen MR) is 143 cm³/mol. The van der Waals surface area contributed by atoms with Gasteiger partial charge in [0.05, 0.1) is 21.8 Å². The highest BCUT2D eigenvalue weighted by atomic mass is 79.9. The number of hydrogen-bond donors (Lipinski definition) is 1. The van der Waals surface area contributed by atoms with E-state index in [-0.39, 0.29) is 43.8 Å². The van der Waals surface area contributed by atoms with E-state index in [0.29, 0.717) is 10.6 Å². The van der Waals surface area contributed by atoms with E-state index in [1.807, 2.05) is 13.0 Å². The van der Waals surface area contributed by atoms with E-state index in [0.717, 1.165) is 5.56 Å². The van der Waals surface area contributed by atoms with Gasteiger partial charge in [-0.1, -0.05) is 40.9 Å². The number of nitrogens with zero attached hydrogens (tertiary/aromatic N) is 1. The average molecular weight is 610 g/mol. The lowest BCUT2D eigenvalue weighted by molar-refractivity contribution is -0.112. The van der Waals surface area contributed by atoms with Crippen molar-refractivity contribution in [2.75, 3.05) is 11.9 Å². The second-order valence-corrected chi connectivity index (χ2v) is 10.6. The molecule has 0 aromatic heterocycles. The molecule has 0 radical (unpaired) electrons. The van der Waals surface area contributed by atoms with Crippen LogP contribution in [0.1, 0.15) is 18.1 Å². The van der Waals surface area contributed by atoms with Gasteiger partial charge in [0.2, 0.25) is 0 Å². The SMILES string of the molecule is CCOc1cc(/C=C(/C#N)C(=O)Nc2cc(Cl)ccc2Cl)cc(Br)c1OS(=O)(=O)c1ccc(C)cc1. The minimum absolute atomic E-state index is 0.0189. The highest BCUT2D eigenvalue weighted by molar-refractivity contribution is 9.10. The largest absolute Gasteiger partial charge is 0.490 e. The van der Waals surface area contributed by atoms with Crippen molar-refractivity contribution >= 4 is 66.9 Å². The third-order valence-corrected chi connectivity index (χ3v) is 7.08. The Morgan fingerprint density at radius 3 is 2.47 bits per heavy atom. The molecule has 3 aromatic rings. The molecule has 0 aliphatic heterocycles. The van der Waals surface area contributed by atoms with Gasteiger partial charge in [0.1, 0.15) is 16.5 Å². The molecular formula is C25H19BrCl2N2O5S. The van der Waals surface area contributed by atoms with Crippen LogP contribution in [0.4, 0.5) is 5.69 Å². The molecule has 1 N–H and O–H groups in total. The lowest BCUT2D eigenvalue weighted by atomic mass is 10.1. The maximum absolute atomic E-state index is 12.8. The van der Waals surface area contributed by atoms with Crippen LogP contribution >= 0.6 is 39.1 Å². The van der Waals surface area contributed by atoms with Gasteiger partial charge in [0.25, 0.3) is 5.91 Å². The molecule has 36 heavy (non-hydrogen) atoms. The molecule has 3 aromatic carbocycles. The molecule has 0 fully saturated rings. The Labute approximate surface area is 227 Å². The summed E-state index contributed by atoms with van der Waals surface area (Å²) in [5, 5.41) is 12.7. The van der Waals surface area contributed by atoms with E-state index in [4.69, 9.17) is 32.1 Å². The second-order valence-electron chi connectivity index (χ2n) is 7.36. The van der Waals surface area contributed by atoms with Crippen molar-refractivity contribution in [3.63, 3.8) is 0 Å². The summed E-state index contributed by atoms with van der Waals surface area (Å²) in [6.07, 6.45) is 1.32. The van der Waals surface area contributed by atoms with Crippen LogP contribution in [0, 0.1) is 18.3 Å². The van der Waals surface area contributed by atoms with Crippen LogP contribution in [0.25, 0.3) is 6.08 Å². The Kier molecular flexibility index (Phi) is 9.03. The van der Waals surface area contributed by atoms with E-state index < -0.39 is 16.0 Å². The van der Waals surface area contributed by atoms with Crippen molar-refractivity contribution in [3.8, 4) is 17.6 Å². The molecule has 0 bridgehead atoms. The maximum atomic E-state index is 12.8. The molecule has 0 saturated carbocycles. The molecule has 7 nitrogen and oxygen atoms in total. The zero-order chi connectivity index (χ0) is 26.5. The minimum atomic E-state index is -4.15. The van der Waals surface area contributed by atoms with Crippen molar-refractivity contribution in [1.82, 2.24) is 0 Å². The molecule has 3 rings (SSSR count). The molecule has 1 amide bonds. The van der Waals surface area contributed by atoms with Crippen LogP contribution < -0.4 is 14.2 Å². The smallest absolute Gasteiger partial charge is 0.339 e. The van der Waals surface area contributed by atoms with Crippen LogP contribution in [0.3, 0.4) is 0 Å². The van der Waals surface area contributed by atoms with Gasteiger partial charge in [0.15, 0.2) is 11.5 Å². The third-order valence-electron chi connectivity index (χ3n) is 4.69. The van der Waals surface area contributed by atoms with Gasteiger partial charge in [-0.15, -0.1) is 0 Å². The Balaban J connectivity index is 1.95. The zero-order valence-electron chi connectivity index (χ0n) is 19.0. The van der Waals surface area contributed by atoms with Crippen molar-refractivity contribution < 1.29 is 22.1 Å². The molecular weight excluding hydrogens is 591 g/mol. The van der Waals surface area contributed by atoms with E-state index in [1.165, 1.54) is 42.5 Å². The van der Waals surface area contributed by atoms with Gasteiger partial charge >= 0.3 is 10.1 Å². The number of rotatable bonds is 8. The number of nitrogens with one attached hydrogen (secondary N) is 1. The Morgan fingerprint density at radius 2 is 1.83 bits per heavy atom. The Bertz CT molecular complexity index is 1480. The number of nitriles is 1. The monoisotopic (exact) mass is 608 g/mol. The van der Waals surface area contributed by atoms with E-state index >= 15 is 0 Å². The summed E-state index contributed by atoms with van der Waals surface area (Å²) in [5.74, 6) is -0.675. The van der Waals surface area contributed by atoms with Crippen LogP contribution in [0.2, 0.25) is 10.0 Å². The van der Waals surface area contributed by atoms with Crippen molar-refractivity contribution in [2.45, 2.75) is 18.7 Å². The number of carbonyl (C=O) groups excluding carboxylic acids is 1. The number of benzene rings is 3. The molecule has 186 valence electrons. The molecule has 0 aliphatic rings. The van der Waals surface area contributed by atoms with Crippen LogP contribution in [-0.2, 0) is 14.9 Å². The summed E-state index contributed by atoms with van der Waals surface area (Å²) in [7, 11) is -4.15. The molecule has 0 aliphatic carbocycles. The van der Waals surface area contributed by atoms with Crippen molar-refractivity contribution in [3.05, 3.63) is 85.8 Å². The first-order chi connectivity index (χ1) is 17.0. The quantitative estimate of drug-likeness (QED) is 0.171. The first-order valence-corrected chi connectivity index (χ1v) is 13.4. The molecule has 0 saturated heterocycles. The van der Waals surface area contributed by atoms with Gasteiger partial charge in [-0.05, 0) is 83.9 Å². The lowest BCUT2D eigenvalue weighted by Crippen LogP contribution is -2.14. The topological polar surface area (TPSA) is 105 Å². The van der Waals surface area contributed by atoms with E-state index in [2.05, 4.69) is 21.2 Å². The van der Waals surface area contributed by atoms with Crippen LogP contribution in [-0.4, -0.2) is 20.9 Å². The normalized spacial score (nSPS) is 11.5. The fourth-order valence-electron chi connectivity index (χ4n) is 2.98. The number of halogens is 3. The first-order valence-electron chi connectivity index (χ1n) is 10.4. The van der Waals surface area contributed by atoms with E-state index in [9.17, 15) is 18.5 Å². The summed E-state index contributed by atoms with van der Waals surface area (Å²) >= 11 is 15.3. The third kappa shape index (κ3) is 6.80. The van der Waals surface area contributed by atoms with Gasteiger partial charge in [0, 0.05) is 5.02 Å². The molecule has 11 heteroatoms. The van der Waals surface area contributed by atoms with Crippen LogP contribution in [0.5, 0.6) is 11.5 Å². The molecule has 0 heterocycles. The van der Waals surface area contributed by atoms with Gasteiger partial charge in [-0.2, -0.15) is 13.7 Å². The Morgan fingerprint density at radius 1 is 1.14 bits per heavy atom. The van der Waals surface area contributed by atoms with Gasteiger partial charge < -0.3 is 14.2 Å². The number of anilines is 1. The van der Waals surface area contributed by atoms with Crippen molar-refractivity contribution in [1.29, 1.82) is 5.26 Å². The maximum Gasteiger partial charge on any atom is 0.339 e. The standard InChI is InChI=1S/C25H19BrCl2N2O5S/c1-3-34-23-12-16(10-17(14-29)25(31)30-22-13-18(27)6-9-21(22)28)11-20(26)24(23)35-36(32,33)19-7-4-15(2)5-8-19/h4-13H,3H2,1-2H3,(H,30,31)/b17-10-. The summed E-state index contributed by atoms with van der Waals surface area (Å²) < 4.78 is 36.9.